The van der Waals surface area contributed by atoms with E-state index in [4.69, 9.17) is 5.73 Å². The van der Waals surface area contributed by atoms with Crippen molar-refractivity contribution in [1.29, 1.82) is 0 Å². The minimum atomic E-state index is -0.358. The highest BCUT2D eigenvalue weighted by molar-refractivity contribution is 5.85. The van der Waals surface area contributed by atoms with Gasteiger partial charge in [-0.3, -0.25) is 4.79 Å². The summed E-state index contributed by atoms with van der Waals surface area (Å²) < 4.78 is 0. The minimum absolute atomic E-state index is 0. The van der Waals surface area contributed by atoms with Gasteiger partial charge in [0.25, 0.3) is 0 Å². The van der Waals surface area contributed by atoms with Crippen LogP contribution in [0.25, 0.3) is 0 Å². The first-order valence-electron chi connectivity index (χ1n) is 6.60. The topological polar surface area (TPSA) is 55.1 Å². The zero-order valence-electron chi connectivity index (χ0n) is 11.2. The van der Waals surface area contributed by atoms with Gasteiger partial charge in [0.15, 0.2) is 0 Å². The summed E-state index contributed by atoms with van der Waals surface area (Å²) >= 11 is 0. The number of nitrogens with one attached hydrogen (secondary N) is 1. The lowest BCUT2D eigenvalue weighted by Crippen LogP contribution is -2.48. The number of carbonyl (C=O) groups excluding carboxylic acids is 1. The van der Waals surface area contributed by atoms with Crippen LogP contribution in [0.15, 0.2) is 0 Å². The minimum Gasteiger partial charge on any atom is -0.352 e. The molecule has 0 unspecified atom stereocenters. The lowest BCUT2D eigenvalue weighted by Gasteiger charge is -2.29. The van der Waals surface area contributed by atoms with Crippen molar-refractivity contribution in [2.24, 2.45) is 17.6 Å². The van der Waals surface area contributed by atoms with E-state index in [2.05, 4.69) is 12.2 Å². The average Bonchev–Trinajstić information content (AvgIpc) is 2.28. The third kappa shape index (κ3) is 5.26. The van der Waals surface area contributed by atoms with Gasteiger partial charge in [-0.25, -0.2) is 0 Å². The summed E-state index contributed by atoms with van der Waals surface area (Å²) in [6.45, 7) is 6.22. The molecule has 0 radical (unpaired) electrons. The van der Waals surface area contributed by atoms with Gasteiger partial charge in [0, 0.05) is 6.04 Å². The molecule has 0 aromatic heterocycles. The van der Waals surface area contributed by atoms with Gasteiger partial charge in [-0.15, -0.1) is 12.4 Å². The molecule has 0 spiro atoms. The number of amides is 1. The molecular weight excluding hydrogens is 236 g/mol. The molecule has 0 aromatic carbocycles. The first-order valence-corrected chi connectivity index (χ1v) is 6.60. The van der Waals surface area contributed by atoms with E-state index in [0.29, 0.717) is 6.04 Å². The van der Waals surface area contributed by atoms with E-state index in [1.54, 1.807) is 0 Å². The normalized spacial score (nSPS) is 26.2. The van der Waals surface area contributed by atoms with Crippen LogP contribution in [0.3, 0.4) is 0 Å². The van der Waals surface area contributed by atoms with E-state index >= 15 is 0 Å². The van der Waals surface area contributed by atoms with Gasteiger partial charge < -0.3 is 11.1 Å². The van der Waals surface area contributed by atoms with E-state index in [1.807, 2.05) is 13.8 Å². The number of rotatable bonds is 4. The molecule has 1 atom stereocenters. The van der Waals surface area contributed by atoms with Crippen molar-refractivity contribution in [2.45, 2.75) is 65.0 Å². The largest absolute Gasteiger partial charge is 0.352 e. The highest BCUT2D eigenvalue weighted by Gasteiger charge is 2.24. The number of carbonyl (C=O) groups is 1. The smallest absolute Gasteiger partial charge is 0.237 e. The molecule has 17 heavy (non-hydrogen) atoms. The van der Waals surface area contributed by atoms with E-state index in [1.165, 1.54) is 19.3 Å². The lowest BCUT2D eigenvalue weighted by atomic mass is 9.84. The van der Waals surface area contributed by atoms with Crippen molar-refractivity contribution in [3.8, 4) is 0 Å². The Balaban J connectivity index is 0.00000256. The zero-order chi connectivity index (χ0) is 12.1. The monoisotopic (exact) mass is 262 g/mol. The Morgan fingerprint density at radius 3 is 2.24 bits per heavy atom. The number of nitrogens with two attached hydrogens (primary N) is 1. The maximum Gasteiger partial charge on any atom is 0.237 e. The number of hydrogen-bond acceptors (Lipinski definition) is 2. The maximum atomic E-state index is 11.8. The Kier molecular flexibility index (Phi) is 7.80. The molecule has 0 aromatic rings. The van der Waals surface area contributed by atoms with Gasteiger partial charge in [-0.2, -0.15) is 0 Å². The predicted molar refractivity (Wildman–Crippen MR) is 74.2 cm³/mol. The average molecular weight is 263 g/mol. The highest BCUT2D eigenvalue weighted by atomic mass is 35.5. The third-order valence-electron chi connectivity index (χ3n) is 3.79. The summed E-state index contributed by atoms with van der Waals surface area (Å²) in [5.74, 6) is 1.11. The van der Waals surface area contributed by atoms with Gasteiger partial charge in [-0.05, 0) is 37.5 Å². The van der Waals surface area contributed by atoms with Gasteiger partial charge in [0.1, 0.15) is 0 Å². The summed E-state index contributed by atoms with van der Waals surface area (Å²) in [5.41, 5.74) is 5.82. The van der Waals surface area contributed by atoms with Crippen LogP contribution in [0.4, 0.5) is 0 Å². The van der Waals surface area contributed by atoms with Crippen LogP contribution in [0.1, 0.15) is 52.9 Å². The molecule has 0 aliphatic heterocycles. The number of hydrogen-bond donors (Lipinski definition) is 2. The van der Waals surface area contributed by atoms with Gasteiger partial charge in [0.05, 0.1) is 6.04 Å². The SMILES string of the molecule is CCC1CCC(NC(=O)[C@H](N)C(C)C)CC1.Cl. The first kappa shape index (κ1) is 16.7. The van der Waals surface area contributed by atoms with Gasteiger partial charge >= 0.3 is 0 Å². The van der Waals surface area contributed by atoms with Crippen molar-refractivity contribution in [3.05, 3.63) is 0 Å². The van der Waals surface area contributed by atoms with Crippen LogP contribution in [-0.4, -0.2) is 18.0 Å². The Bertz CT molecular complexity index is 225. The van der Waals surface area contributed by atoms with Crippen LogP contribution >= 0.6 is 12.4 Å². The van der Waals surface area contributed by atoms with E-state index in [0.717, 1.165) is 18.8 Å². The molecule has 3 nitrogen and oxygen atoms in total. The zero-order valence-corrected chi connectivity index (χ0v) is 12.1. The first-order chi connectivity index (χ1) is 7.54. The Morgan fingerprint density at radius 1 is 1.29 bits per heavy atom. The van der Waals surface area contributed by atoms with Crippen molar-refractivity contribution < 1.29 is 4.79 Å². The summed E-state index contributed by atoms with van der Waals surface area (Å²) in [6.07, 6.45) is 6.01. The van der Waals surface area contributed by atoms with Crippen LogP contribution in [0, 0.1) is 11.8 Å². The molecular formula is C13H27ClN2O. The maximum absolute atomic E-state index is 11.8. The lowest BCUT2D eigenvalue weighted by molar-refractivity contribution is -0.124. The second-order valence-electron chi connectivity index (χ2n) is 5.40. The molecule has 4 heteroatoms. The fraction of sp³-hybridized carbons (Fsp3) is 0.923. The van der Waals surface area contributed by atoms with Gasteiger partial charge in [0.2, 0.25) is 5.91 Å². The van der Waals surface area contributed by atoms with Crippen molar-refractivity contribution >= 4 is 18.3 Å². The van der Waals surface area contributed by atoms with Crippen molar-refractivity contribution in [1.82, 2.24) is 5.32 Å². The molecule has 0 saturated heterocycles. The van der Waals surface area contributed by atoms with Crippen LogP contribution < -0.4 is 11.1 Å². The van der Waals surface area contributed by atoms with Crippen LogP contribution in [0.2, 0.25) is 0 Å². The van der Waals surface area contributed by atoms with Crippen molar-refractivity contribution in [3.63, 3.8) is 0 Å². The predicted octanol–water partition coefficient (Wildman–Crippen LogP) is 2.48. The molecule has 102 valence electrons. The third-order valence-corrected chi connectivity index (χ3v) is 3.79. The fourth-order valence-corrected chi connectivity index (χ4v) is 2.32. The Morgan fingerprint density at radius 2 is 1.82 bits per heavy atom. The van der Waals surface area contributed by atoms with E-state index < -0.39 is 0 Å². The molecule has 1 aliphatic rings. The number of halogens is 1. The molecule has 0 heterocycles. The molecule has 1 fully saturated rings. The summed E-state index contributed by atoms with van der Waals surface area (Å²) in [5, 5.41) is 3.08. The standard InChI is InChI=1S/C13H26N2O.ClH/c1-4-10-5-7-11(8-6-10)15-13(16)12(14)9(2)3;/h9-12H,4-8,14H2,1-3H3,(H,15,16);1H/t10?,11?,12-;/m1./s1. The fourth-order valence-electron chi connectivity index (χ4n) is 2.32. The Labute approximate surface area is 111 Å². The van der Waals surface area contributed by atoms with Crippen LogP contribution in [0.5, 0.6) is 0 Å². The van der Waals surface area contributed by atoms with Crippen LogP contribution in [-0.2, 0) is 4.79 Å². The molecule has 1 amide bonds. The quantitative estimate of drug-likeness (QED) is 0.818. The van der Waals surface area contributed by atoms with Crippen molar-refractivity contribution in [2.75, 3.05) is 0 Å². The molecule has 3 N–H and O–H groups in total. The molecule has 1 aliphatic carbocycles. The highest BCUT2D eigenvalue weighted by Crippen LogP contribution is 2.26. The van der Waals surface area contributed by atoms with E-state index in [-0.39, 0.29) is 30.3 Å². The summed E-state index contributed by atoms with van der Waals surface area (Å²) in [6, 6.07) is 0.00370. The summed E-state index contributed by atoms with van der Waals surface area (Å²) in [4.78, 5) is 11.8. The van der Waals surface area contributed by atoms with E-state index in [9.17, 15) is 4.79 Å². The van der Waals surface area contributed by atoms with Gasteiger partial charge in [-0.1, -0.05) is 27.2 Å². The molecule has 0 bridgehead atoms. The molecule has 1 rings (SSSR count). The molecule has 1 saturated carbocycles. The second kappa shape index (κ2) is 7.93. The summed E-state index contributed by atoms with van der Waals surface area (Å²) in [7, 11) is 0. The second-order valence-corrected chi connectivity index (χ2v) is 5.40. The Hall–Kier alpha value is -0.280.